The van der Waals surface area contributed by atoms with Crippen LogP contribution in [0.5, 0.6) is 0 Å². The zero-order valence-electron chi connectivity index (χ0n) is 7.91. The van der Waals surface area contributed by atoms with Crippen molar-refractivity contribution in [3.05, 3.63) is 27.9 Å². The molecule has 76 valence electrons. The van der Waals surface area contributed by atoms with Gasteiger partial charge in [0.25, 0.3) is 5.56 Å². The number of carboxylic acid groups (broad SMARTS) is 1. The normalized spacial score (nSPS) is 10.1. The Morgan fingerprint density at radius 2 is 2.36 bits per heavy atom. The number of aryl methyl sites for hydroxylation is 1. The number of nitrogens with one attached hydrogen (secondary N) is 1. The molecule has 1 aromatic rings. The third-order valence-electron chi connectivity index (χ3n) is 1.78. The van der Waals surface area contributed by atoms with Crippen molar-refractivity contribution in [1.82, 2.24) is 9.97 Å². The van der Waals surface area contributed by atoms with Crippen molar-refractivity contribution in [3.63, 3.8) is 0 Å². The highest BCUT2D eigenvalue weighted by molar-refractivity contribution is 5.85. The lowest BCUT2D eigenvalue weighted by molar-refractivity contribution is 0.0689. The summed E-state index contributed by atoms with van der Waals surface area (Å²) in [6.07, 6.45) is 2.46. The minimum absolute atomic E-state index is 0.195. The Balaban J connectivity index is 2.95. The summed E-state index contributed by atoms with van der Waals surface area (Å²) < 4.78 is 0. The van der Waals surface area contributed by atoms with E-state index in [4.69, 9.17) is 5.11 Å². The molecule has 14 heavy (non-hydrogen) atoms. The number of carbonyl (C=O) groups is 1. The molecule has 1 rings (SSSR count). The number of hydrogen-bond donors (Lipinski definition) is 2. The molecular formula is C9H12N2O3. The lowest BCUT2D eigenvalue weighted by atomic mass is 10.2. The Hall–Kier alpha value is -1.65. The van der Waals surface area contributed by atoms with Crippen LogP contribution in [0.15, 0.2) is 10.9 Å². The second kappa shape index (κ2) is 4.55. The first-order valence-electron chi connectivity index (χ1n) is 4.47. The molecule has 5 heteroatoms. The van der Waals surface area contributed by atoms with Gasteiger partial charge in [-0.05, 0) is 6.42 Å². The lowest BCUT2D eigenvalue weighted by Gasteiger charge is -1.99. The van der Waals surface area contributed by atoms with Crippen LogP contribution in [0.25, 0.3) is 0 Å². The van der Waals surface area contributed by atoms with Crippen molar-refractivity contribution >= 4 is 5.97 Å². The number of rotatable bonds is 4. The van der Waals surface area contributed by atoms with Crippen molar-refractivity contribution in [2.75, 3.05) is 0 Å². The van der Waals surface area contributed by atoms with Crippen LogP contribution in [0.2, 0.25) is 0 Å². The second-order valence-electron chi connectivity index (χ2n) is 2.99. The largest absolute Gasteiger partial charge is 0.477 e. The van der Waals surface area contributed by atoms with Gasteiger partial charge in [-0.1, -0.05) is 13.3 Å². The molecule has 0 bridgehead atoms. The third-order valence-corrected chi connectivity index (χ3v) is 1.78. The molecular weight excluding hydrogens is 184 g/mol. The molecule has 0 aromatic carbocycles. The van der Waals surface area contributed by atoms with Crippen LogP contribution in [0.1, 0.15) is 36.1 Å². The molecule has 1 aromatic heterocycles. The summed E-state index contributed by atoms with van der Waals surface area (Å²) in [4.78, 5) is 27.9. The van der Waals surface area contributed by atoms with Crippen LogP contribution in [0.3, 0.4) is 0 Å². The predicted octanol–water partition coefficient (Wildman–Crippen LogP) is 0.811. The van der Waals surface area contributed by atoms with Gasteiger partial charge in [0.15, 0.2) is 5.69 Å². The number of carboxylic acids is 1. The number of hydrogen-bond acceptors (Lipinski definition) is 3. The molecule has 0 spiro atoms. The molecule has 0 aliphatic rings. The molecule has 0 amide bonds. The van der Waals surface area contributed by atoms with Gasteiger partial charge >= 0.3 is 5.97 Å². The summed E-state index contributed by atoms with van der Waals surface area (Å²) in [5, 5.41) is 8.64. The molecule has 2 N–H and O–H groups in total. The van der Waals surface area contributed by atoms with E-state index in [1.54, 1.807) is 0 Å². The van der Waals surface area contributed by atoms with Crippen molar-refractivity contribution in [1.29, 1.82) is 0 Å². The fraction of sp³-hybridized carbons (Fsp3) is 0.444. The number of unbranched alkanes of at least 4 members (excludes halogenated alkanes) is 1. The molecule has 0 saturated heterocycles. The summed E-state index contributed by atoms with van der Waals surface area (Å²) in [6, 6.07) is 0.984. The van der Waals surface area contributed by atoms with Crippen LogP contribution in [0.4, 0.5) is 0 Å². The van der Waals surface area contributed by atoms with E-state index < -0.39 is 11.5 Å². The highest BCUT2D eigenvalue weighted by Gasteiger charge is 2.07. The van der Waals surface area contributed by atoms with Crippen molar-refractivity contribution in [2.45, 2.75) is 26.2 Å². The molecule has 0 aliphatic carbocycles. The average Bonchev–Trinajstić information content (AvgIpc) is 2.14. The Morgan fingerprint density at radius 1 is 1.64 bits per heavy atom. The van der Waals surface area contributed by atoms with Gasteiger partial charge < -0.3 is 10.1 Å². The van der Waals surface area contributed by atoms with E-state index in [9.17, 15) is 9.59 Å². The number of aromatic carboxylic acids is 1. The Kier molecular flexibility index (Phi) is 3.39. The van der Waals surface area contributed by atoms with Crippen molar-refractivity contribution < 1.29 is 9.90 Å². The van der Waals surface area contributed by atoms with Gasteiger partial charge in [-0.3, -0.25) is 4.79 Å². The molecule has 5 nitrogen and oxygen atoms in total. The van der Waals surface area contributed by atoms with Crippen LogP contribution in [-0.4, -0.2) is 21.0 Å². The molecule has 1 heterocycles. The highest BCUT2D eigenvalue weighted by Crippen LogP contribution is 1.98. The van der Waals surface area contributed by atoms with Crippen LogP contribution >= 0.6 is 0 Å². The van der Waals surface area contributed by atoms with Crippen LogP contribution in [0, 0.1) is 0 Å². The zero-order valence-corrected chi connectivity index (χ0v) is 7.91. The van der Waals surface area contributed by atoms with Gasteiger partial charge in [0.2, 0.25) is 0 Å². The number of nitrogens with zero attached hydrogens (tertiary/aromatic N) is 1. The SMILES string of the molecule is CCCCc1nc(C(=O)O)cc(=O)[nH]1. The monoisotopic (exact) mass is 196 g/mol. The maximum atomic E-state index is 11.0. The van der Waals surface area contributed by atoms with E-state index in [0.29, 0.717) is 12.2 Å². The molecule has 0 saturated carbocycles. The highest BCUT2D eigenvalue weighted by atomic mass is 16.4. The van der Waals surface area contributed by atoms with E-state index in [-0.39, 0.29) is 5.69 Å². The molecule has 0 unspecified atom stereocenters. The van der Waals surface area contributed by atoms with Gasteiger partial charge in [-0.15, -0.1) is 0 Å². The molecule has 0 aliphatic heterocycles. The van der Waals surface area contributed by atoms with E-state index in [1.165, 1.54) is 0 Å². The smallest absolute Gasteiger partial charge is 0.354 e. The number of aromatic amines is 1. The third kappa shape index (κ3) is 2.69. The minimum Gasteiger partial charge on any atom is -0.477 e. The summed E-state index contributed by atoms with van der Waals surface area (Å²) >= 11 is 0. The van der Waals surface area contributed by atoms with Gasteiger partial charge in [-0.2, -0.15) is 0 Å². The number of aromatic nitrogens is 2. The maximum Gasteiger partial charge on any atom is 0.354 e. The standard InChI is InChI=1S/C9H12N2O3/c1-2-3-4-7-10-6(9(13)14)5-8(12)11-7/h5H,2-4H2,1H3,(H,13,14)(H,10,11,12). The van der Waals surface area contributed by atoms with Crippen molar-refractivity contribution in [3.8, 4) is 0 Å². The fourth-order valence-electron chi connectivity index (χ4n) is 1.08. The molecule has 0 atom stereocenters. The summed E-state index contributed by atoms with van der Waals surface area (Å²) in [5.74, 6) is -0.731. The van der Waals surface area contributed by atoms with E-state index in [0.717, 1.165) is 18.9 Å². The Labute approximate surface area is 80.8 Å². The summed E-state index contributed by atoms with van der Waals surface area (Å²) in [7, 11) is 0. The minimum atomic E-state index is -1.17. The molecule has 0 radical (unpaired) electrons. The predicted molar refractivity (Wildman–Crippen MR) is 50.4 cm³/mol. The quantitative estimate of drug-likeness (QED) is 0.746. The summed E-state index contributed by atoms with van der Waals surface area (Å²) in [5.41, 5.74) is -0.608. The van der Waals surface area contributed by atoms with Gasteiger partial charge in [0.05, 0.1) is 0 Å². The molecule has 0 fully saturated rings. The lowest BCUT2D eigenvalue weighted by Crippen LogP contribution is -2.15. The zero-order chi connectivity index (χ0) is 10.6. The first-order chi connectivity index (χ1) is 6.63. The topological polar surface area (TPSA) is 83.0 Å². The van der Waals surface area contributed by atoms with Gasteiger partial charge in [-0.25, -0.2) is 9.78 Å². The Morgan fingerprint density at radius 3 is 2.93 bits per heavy atom. The van der Waals surface area contributed by atoms with Crippen LogP contribution in [-0.2, 0) is 6.42 Å². The maximum absolute atomic E-state index is 11.0. The second-order valence-corrected chi connectivity index (χ2v) is 2.99. The van der Waals surface area contributed by atoms with Crippen molar-refractivity contribution in [2.24, 2.45) is 0 Å². The summed E-state index contributed by atoms with van der Waals surface area (Å²) in [6.45, 7) is 2.01. The van der Waals surface area contributed by atoms with Gasteiger partial charge in [0, 0.05) is 12.5 Å². The fourth-order valence-corrected chi connectivity index (χ4v) is 1.08. The average molecular weight is 196 g/mol. The van der Waals surface area contributed by atoms with E-state index >= 15 is 0 Å². The van der Waals surface area contributed by atoms with E-state index in [2.05, 4.69) is 9.97 Å². The van der Waals surface area contributed by atoms with Gasteiger partial charge in [0.1, 0.15) is 5.82 Å². The first kappa shape index (κ1) is 10.4. The van der Waals surface area contributed by atoms with E-state index in [1.807, 2.05) is 6.92 Å². The number of H-pyrrole nitrogens is 1. The Bertz CT molecular complexity index is 384. The van der Waals surface area contributed by atoms with Crippen LogP contribution < -0.4 is 5.56 Å². The first-order valence-corrected chi connectivity index (χ1v) is 4.47.